The zero-order valence-corrected chi connectivity index (χ0v) is 19.9. The van der Waals surface area contributed by atoms with Gasteiger partial charge in [0.1, 0.15) is 0 Å². The summed E-state index contributed by atoms with van der Waals surface area (Å²) in [5, 5.41) is 0. The van der Waals surface area contributed by atoms with Gasteiger partial charge in [-0.1, -0.05) is 18.2 Å². The average Bonchev–Trinajstić information content (AvgIpc) is 3.34. The van der Waals surface area contributed by atoms with Gasteiger partial charge in [0.05, 0.1) is 11.3 Å². The number of Topliss-reactive ketones (excluding diaryl/α,β-unsaturated/α-hetero) is 1. The number of hydrogen-bond acceptors (Lipinski definition) is 5. The second-order valence-corrected chi connectivity index (χ2v) is 10.8. The van der Waals surface area contributed by atoms with E-state index in [9.17, 15) is 18.0 Å². The highest BCUT2D eigenvalue weighted by Crippen LogP contribution is 2.27. The molecular weight excluding hydrogens is 438 g/mol. The molecule has 0 unspecified atom stereocenters. The van der Waals surface area contributed by atoms with Gasteiger partial charge in [-0.25, -0.2) is 13.2 Å². The van der Waals surface area contributed by atoms with E-state index in [2.05, 4.69) is 22.8 Å². The Hall–Kier alpha value is -3.19. The number of carbonyl (C=O) groups is 2. The summed E-state index contributed by atoms with van der Waals surface area (Å²) in [6.07, 6.45) is 4.54. The van der Waals surface area contributed by atoms with E-state index in [0.29, 0.717) is 11.1 Å². The predicted octanol–water partition coefficient (Wildman–Crippen LogP) is 4.17. The van der Waals surface area contributed by atoms with E-state index in [-0.39, 0.29) is 23.7 Å². The van der Waals surface area contributed by atoms with Crippen molar-refractivity contribution >= 4 is 21.6 Å². The second kappa shape index (κ2) is 8.98. The molecule has 0 saturated heterocycles. The molecule has 0 fully saturated rings. The molecule has 1 aliphatic rings. The van der Waals surface area contributed by atoms with Crippen LogP contribution in [-0.2, 0) is 33.2 Å². The highest BCUT2D eigenvalue weighted by molar-refractivity contribution is 7.89. The van der Waals surface area contributed by atoms with Crippen LogP contribution < -0.4 is 0 Å². The molecule has 0 aliphatic heterocycles. The lowest BCUT2D eigenvalue weighted by molar-refractivity contribution is 0.0474. The van der Waals surface area contributed by atoms with E-state index in [0.717, 1.165) is 36.2 Å². The molecule has 4 rings (SSSR count). The number of fused-ring (bicyclic) bond motifs is 1. The van der Waals surface area contributed by atoms with Crippen molar-refractivity contribution in [2.24, 2.45) is 0 Å². The third kappa shape index (κ3) is 5.09. The van der Waals surface area contributed by atoms with Crippen molar-refractivity contribution in [3.05, 3.63) is 87.7 Å². The van der Waals surface area contributed by atoms with Gasteiger partial charge >= 0.3 is 5.97 Å². The molecule has 1 aromatic heterocycles. The lowest BCUT2D eigenvalue weighted by Crippen LogP contribution is -2.15. The molecule has 0 bridgehead atoms. The molecule has 33 heavy (non-hydrogen) atoms. The Morgan fingerprint density at radius 2 is 1.67 bits per heavy atom. The lowest BCUT2D eigenvalue weighted by atomic mass is 10.1. The van der Waals surface area contributed by atoms with Gasteiger partial charge in [0.15, 0.2) is 16.4 Å². The van der Waals surface area contributed by atoms with Gasteiger partial charge in [0.2, 0.25) is 5.78 Å². The van der Waals surface area contributed by atoms with Gasteiger partial charge in [-0.15, -0.1) is 0 Å². The Labute approximate surface area is 194 Å². The van der Waals surface area contributed by atoms with Crippen molar-refractivity contribution in [1.82, 2.24) is 4.57 Å². The Bertz CT molecular complexity index is 1330. The lowest BCUT2D eigenvalue weighted by Gasteiger charge is -2.12. The van der Waals surface area contributed by atoms with E-state index in [1.54, 1.807) is 12.1 Å². The monoisotopic (exact) mass is 465 g/mol. The molecule has 1 heterocycles. The molecule has 0 N–H and O–H groups in total. The summed E-state index contributed by atoms with van der Waals surface area (Å²) in [5.41, 5.74) is 6.95. The molecule has 172 valence electrons. The number of nitrogens with zero attached hydrogens (tertiary/aromatic N) is 1. The third-order valence-corrected chi connectivity index (χ3v) is 6.88. The van der Waals surface area contributed by atoms with E-state index < -0.39 is 15.8 Å². The fraction of sp³-hybridized carbons (Fsp3) is 0.308. The fourth-order valence-electron chi connectivity index (χ4n) is 4.47. The summed E-state index contributed by atoms with van der Waals surface area (Å²) >= 11 is 0. The molecule has 2 aromatic carbocycles. The minimum atomic E-state index is -3.15. The summed E-state index contributed by atoms with van der Waals surface area (Å²) in [6, 6.07) is 14.4. The highest BCUT2D eigenvalue weighted by Gasteiger charge is 2.20. The van der Waals surface area contributed by atoms with Gasteiger partial charge in [0.25, 0.3) is 0 Å². The zero-order chi connectivity index (χ0) is 23.8. The SMILES string of the molecule is Cc1cc(C(=O)COC(=O)c2ccc(CS(C)(=O)=O)cc2)c(C)n1-c1ccc2c(c1)CCC2. The van der Waals surface area contributed by atoms with Crippen molar-refractivity contribution in [3.8, 4) is 5.69 Å². The first-order chi connectivity index (χ1) is 15.6. The molecule has 7 heteroatoms. The third-order valence-electron chi connectivity index (χ3n) is 6.02. The fourth-order valence-corrected chi connectivity index (χ4v) is 5.27. The summed E-state index contributed by atoms with van der Waals surface area (Å²) in [5.74, 6) is -0.986. The van der Waals surface area contributed by atoms with Crippen molar-refractivity contribution in [1.29, 1.82) is 0 Å². The Balaban J connectivity index is 1.45. The smallest absolute Gasteiger partial charge is 0.338 e. The quantitative estimate of drug-likeness (QED) is 0.386. The first-order valence-electron chi connectivity index (χ1n) is 10.9. The largest absolute Gasteiger partial charge is 0.454 e. The van der Waals surface area contributed by atoms with Crippen LogP contribution >= 0.6 is 0 Å². The minimum absolute atomic E-state index is 0.0966. The van der Waals surface area contributed by atoms with E-state index in [1.807, 2.05) is 19.9 Å². The summed E-state index contributed by atoms with van der Waals surface area (Å²) in [7, 11) is -3.15. The van der Waals surface area contributed by atoms with E-state index in [1.165, 1.54) is 29.7 Å². The maximum absolute atomic E-state index is 12.8. The first kappa shape index (κ1) is 23.0. The number of ketones is 1. The van der Waals surface area contributed by atoms with Gasteiger partial charge < -0.3 is 9.30 Å². The standard InChI is InChI=1S/C26H27NO5S/c1-17-13-24(18(2)27(17)23-12-11-20-5-4-6-22(20)14-23)25(28)15-32-26(29)21-9-7-19(8-10-21)16-33(3,30)31/h7-14H,4-6,15-16H2,1-3H3. The summed E-state index contributed by atoms with van der Waals surface area (Å²) < 4.78 is 30.1. The van der Waals surface area contributed by atoms with Crippen LogP contribution in [0, 0.1) is 13.8 Å². The molecule has 0 radical (unpaired) electrons. The Kier molecular flexibility index (Phi) is 6.26. The summed E-state index contributed by atoms with van der Waals surface area (Å²) in [4.78, 5) is 25.2. The number of ether oxygens (including phenoxy) is 1. The van der Waals surface area contributed by atoms with Gasteiger partial charge in [-0.05, 0) is 80.1 Å². The van der Waals surface area contributed by atoms with Crippen LogP contribution in [0.4, 0.5) is 0 Å². The van der Waals surface area contributed by atoms with Crippen molar-refractivity contribution in [2.45, 2.75) is 38.9 Å². The molecule has 3 aromatic rings. The first-order valence-corrected chi connectivity index (χ1v) is 13.0. The predicted molar refractivity (Wildman–Crippen MR) is 127 cm³/mol. The van der Waals surface area contributed by atoms with Gasteiger partial charge in [0, 0.05) is 28.9 Å². The van der Waals surface area contributed by atoms with Gasteiger partial charge in [-0.2, -0.15) is 0 Å². The number of aryl methyl sites for hydroxylation is 3. The second-order valence-electron chi connectivity index (χ2n) is 8.69. The van der Waals surface area contributed by atoms with Crippen LogP contribution in [0.5, 0.6) is 0 Å². The molecule has 0 atom stereocenters. The maximum Gasteiger partial charge on any atom is 0.338 e. The number of benzene rings is 2. The number of hydrogen-bond donors (Lipinski definition) is 0. The average molecular weight is 466 g/mol. The Morgan fingerprint density at radius 1 is 0.970 bits per heavy atom. The van der Waals surface area contributed by atoms with Crippen molar-refractivity contribution in [2.75, 3.05) is 12.9 Å². The van der Waals surface area contributed by atoms with Crippen LogP contribution in [0.25, 0.3) is 5.69 Å². The number of carbonyl (C=O) groups excluding carboxylic acids is 2. The topological polar surface area (TPSA) is 82.4 Å². The maximum atomic E-state index is 12.8. The van der Waals surface area contributed by atoms with Crippen molar-refractivity contribution < 1.29 is 22.7 Å². The highest BCUT2D eigenvalue weighted by atomic mass is 32.2. The molecular formula is C26H27NO5S. The summed E-state index contributed by atoms with van der Waals surface area (Å²) in [6.45, 7) is 3.50. The van der Waals surface area contributed by atoms with Crippen LogP contribution in [0.3, 0.4) is 0 Å². The molecule has 0 amide bonds. The van der Waals surface area contributed by atoms with E-state index in [4.69, 9.17) is 4.74 Å². The number of sulfone groups is 1. The zero-order valence-electron chi connectivity index (χ0n) is 19.1. The van der Waals surface area contributed by atoms with Crippen LogP contribution in [0.15, 0.2) is 48.5 Å². The minimum Gasteiger partial charge on any atom is -0.454 e. The number of rotatable bonds is 7. The molecule has 1 aliphatic carbocycles. The van der Waals surface area contributed by atoms with Crippen molar-refractivity contribution in [3.63, 3.8) is 0 Å². The number of esters is 1. The van der Waals surface area contributed by atoms with Crippen LogP contribution in [-0.4, -0.2) is 37.6 Å². The normalized spacial score (nSPS) is 13.1. The van der Waals surface area contributed by atoms with Crippen LogP contribution in [0.2, 0.25) is 0 Å². The molecule has 0 spiro atoms. The van der Waals surface area contributed by atoms with Gasteiger partial charge in [-0.3, -0.25) is 4.79 Å². The molecule has 0 saturated carbocycles. The van der Waals surface area contributed by atoms with Crippen LogP contribution in [0.1, 0.15) is 55.2 Å². The molecule has 6 nitrogen and oxygen atoms in total. The Morgan fingerprint density at radius 3 is 2.36 bits per heavy atom. The van der Waals surface area contributed by atoms with E-state index >= 15 is 0 Å². The number of aromatic nitrogens is 1.